The summed E-state index contributed by atoms with van der Waals surface area (Å²) in [5, 5.41) is 11.9. The molecule has 182 valence electrons. The first-order chi connectivity index (χ1) is 16.2. The van der Waals surface area contributed by atoms with Crippen molar-refractivity contribution < 1.29 is 24.2 Å². The molecule has 1 unspecified atom stereocenters. The van der Waals surface area contributed by atoms with E-state index in [1.54, 1.807) is 4.90 Å². The summed E-state index contributed by atoms with van der Waals surface area (Å²) in [6, 6.07) is 14.8. The monoisotopic (exact) mass is 466 g/mol. The van der Waals surface area contributed by atoms with Crippen LogP contribution in [0.15, 0.2) is 48.5 Å². The zero-order chi connectivity index (χ0) is 24.8. The molecule has 1 aliphatic rings. The van der Waals surface area contributed by atoms with Crippen LogP contribution in [0.25, 0.3) is 11.1 Å². The van der Waals surface area contributed by atoms with Crippen LogP contribution in [0.1, 0.15) is 51.2 Å². The zero-order valence-corrected chi connectivity index (χ0v) is 20.3. The number of ether oxygens (including phenoxy) is 1. The molecule has 0 heterocycles. The largest absolute Gasteiger partial charge is 0.481 e. The third kappa shape index (κ3) is 6.16. The molecule has 0 radical (unpaired) electrons. The van der Waals surface area contributed by atoms with Crippen LogP contribution in [0, 0.1) is 11.8 Å². The Morgan fingerprint density at radius 2 is 1.41 bits per heavy atom. The molecule has 0 aliphatic heterocycles. The van der Waals surface area contributed by atoms with Crippen LogP contribution >= 0.6 is 0 Å². The molecule has 3 rings (SSSR count). The lowest BCUT2D eigenvalue weighted by Crippen LogP contribution is -2.51. The maximum atomic E-state index is 13.2. The molecule has 0 saturated carbocycles. The highest BCUT2D eigenvalue weighted by molar-refractivity contribution is 5.89. The number of aliphatic carboxylic acids is 1. The van der Waals surface area contributed by atoms with Crippen LogP contribution in [0.3, 0.4) is 0 Å². The molecule has 0 fully saturated rings. The summed E-state index contributed by atoms with van der Waals surface area (Å²) in [7, 11) is 0. The molecule has 0 bridgehead atoms. The number of carboxylic acid groups (broad SMARTS) is 1. The van der Waals surface area contributed by atoms with E-state index in [4.69, 9.17) is 4.74 Å². The molecule has 0 spiro atoms. The van der Waals surface area contributed by atoms with Gasteiger partial charge in [-0.1, -0.05) is 76.2 Å². The van der Waals surface area contributed by atoms with E-state index >= 15 is 0 Å². The quantitative estimate of drug-likeness (QED) is 0.537. The van der Waals surface area contributed by atoms with Crippen molar-refractivity contribution in [3.05, 3.63) is 59.7 Å². The van der Waals surface area contributed by atoms with Crippen molar-refractivity contribution in [1.82, 2.24) is 10.2 Å². The third-order valence-electron chi connectivity index (χ3n) is 5.80. The maximum Gasteiger partial charge on any atom is 0.407 e. The van der Waals surface area contributed by atoms with Gasteiger partial charge in [0.2, 0.25) is 5.91 Å². The number of hydrogen-bond acceptors (Lipinski definition) is 4. The number of benzene rings is 2. The molecule has 1 aliphatic carbocycles. The number of alkyl carbamates (subject to hydrolysis) is 1. The number of carboxylic acids is 1. The van der Waals surface area contributed by atoms with Gasteiger partial charge in [0, 0.05) is 19.0 Å². The van der Waals surface area contributed by atoms with Crippen molar-refractivity contribution in [3.8, 4) is 11.1 Å². The van der Waals surface area contributed by atoms with Gasteiger partial charge in [0.1, 0.15) is 12.6 Å². The maximum absolute atomic E-state index is 13.2. The van der Waals surface area contributed by atoms with Gasteiger partial charge in [-0.25, -0.2) is 4.79 Å². The van der Waals surface area contributed by atoms with E-state index in [1.165, 1.54) is 0 Å². The highest BCUT2D eigenvalue weighted by Gasteiger charge is 2.32. The first-order valence-corrected chi connectivity index (χ1v) is 11.8. The second-order valence-electron chi connectivity index (χ2n) is 9.65. The van der Waals surface area contributed by atoms with Gasteiger partial charge in [-0.2, -0.15) is 0 Å². The number of fused-ring (bicyclic) bond motifs is 3. The number of nitrogens with one attached hydrogen (secondary N) is 1. The fourth-order valence-electron chi connectivity index (χ4n) is 4.51. The first kappa shape index (κ1) is 25.3. The standard InChI is InChI=1S/C27H34N2O5/c1-17(2)14-29(15-18(3)4)26(32)24(13-25(30)31)28-27(33)34-16-23-21-11-7-5-9-19(21)20-10-6-8-12-22(20)23/h5-12,17-18,23-24H,13-16H2,1-4H3,(H,28,33)(H,30,31). The van der Waals surface area contributed by atoms with Gasteiger partial charge in [-0.05, 0) is 34.1 Å². The van der Waals surface area contributed by atoms with Crippen LogP contribution in [0.4, 0.5) is 4.79 Å². The molecule has 2 N–H and O–H groups in total. The van der Waals surface area contributed by atoms with Crippen LogP contribution in [0.5, 0.6) is 0 Å². The molecule has 34 heavy (non-hydrogen) atoms. The molecule has 2 amide bonds. The summed E-state index contributed by atoms with van der Waals surface area (Å²) in [5.74, 6) is -1.26. The van der Waals surface area contributed by atoms with Crippen LogP contribution < -0.4 is 5.32 Å². The lowest BCUT2D eigenvalue weighted by atomic mass is 9.98. The van der Waals surface area contributed by atoms with Crippen molar-refractivity contribution in [2.24, 2.45) is 11.8 Å². The van der Waals surface area contributed by atoms with E-state index in [-0.39, 0.29) is 24.4 Å². The lowest BCUT2D eigenvalue weighted by Gasteiger charge is -2.30. The highest BCUT2D eigenvalue weighted by atomic mass is 16.5. The summed E-state index contributed by atoms with van der Waals surface area (Å²) in [5.41, 5.74) is 4.39. The minimum atomic E-state index is -1.19. The average Bonchev–Trinajstić information content (AvgIpc) is 3.09. The predicted octanol–water partition coefficient (Wildman–Crippen LogP) is 4.51. The summed E-state index contributed by atoms with van der Waals surface area (Å²) in [6.07, 6.45) is -1.30. The summed E-state index contributed by atoms with van der Waals surface area (Å²) >= 11 is 0. The van der Waals surface area contributed by atoms with Crippen molar-refractivity contribution in [3.63, 3.8) is 0 Å². The van der Waals surface area contributed by atoms with E-state index in [0.717, 1.165) is 22.3 Å². The van der Waals surface area contributed by atoms with Crippen LogP contribution in [-0.2, 0) is 14.3 Å². The fourth-order valence-corrected chi connectivity index (χ4v) is 4.51. The van der Waals surface area contributed by atoms with Gasteiger partial charge in [0.05, 0.1) is 6.42 Å². The van der Waals surface area contributed by atoms with Crippen molar-refractivity contribution in [2.75, 3.05) is 19.7 Å². The van der Waals surface area contributed by atoms with Gasteiger partial charge >= 0.3 is 12.1 Å². The van der Waals surface area contributed by atoms with E-state index in [2.05, 4.69) is 5.32 Å². The number of nitrogens with zero attached hydrogens (tertiary/aromatic N) is 1. The number of carbonyl (C=O) groups is 3. The molecular weight excluding hydrogens is 432 g/mol. The van der Waals surface area contributed by atoms with Crippen molar-refractivity contribution in [1.29, 1.82) is 0 Å². The third-order valence-corrected chi connectivity index (χ3v) is 5.80. The first-order valence-electron chi connectivity index (χ1n) is 11.8. The summed E-state index contributed by atoms with van der Waals surface area (Å²) in [6.45, 7) is 9.03. The van der Waals surface area contributed by atoms with Crippen molar-refractivity contribution in [2.45, 2.75) is 46.1 Å². The molecule has 0 saturated heterocycles. The Labute approximate surface area is 201 Å². The smallest absolute Gasteiger partial charge is 0.407 e. The second-order valence-corrected chi connectivity index (χ2v) is 9.65. The molecule has 7 nitrogen and oxygen atoms in total. The number of rotatable bonds is 10. The fraction of sp³-hybridized carbons (Fsp3) is 0.444. The van der Waals surface area contributed by atoms with Gasteiger partial charge in [-0.15, -0.1) is 0 Å². The van der Waals surface area contributed by atoms with Crippen LogP contribution in [0.2, 0.25) is 0 Å². The van der Waals surface area contributed by atoms with E-state index in [9.17, 15) is 19.5 Å². The Kier molecular flexibility index (Phi) is 8.31. The van der Waals surface area contributed by atoms with E-state index in [1.807, 2.05) is 76.2 Å². The molecular formula is C27H34N2O5. The summed E-state index contributed by atoms with van der Waals surface area (Å²) in [4.78, 5) is 38.9. The minimum absolute atomic E-state index is 0.0928. The van der Waals surface area contributed by atoms with Gasteiger partial charge < -0.3 is 20.1 Å². The predicted molar refractivity (Wildman–Crippen MR) is 131 cm³/mol. The topological polar surface area (TPSA) is 95.9 Å². The van der Waals surface area contributed by atoms with Gasteiger partial charge in [0.15, 0.2) is 0 Å². The molecule has 2 aromatic carbocycles. The Hall–Kier alpha value is -3.35. The van der Waals surface area contributed by atoms with E-state index in [0.29, 0.717) is 13.1 Å². The minimum Gasteiger partial charge on any atom is -0.481 e. The normalized spacial score (nSPS) is 13.4. The summed E-state index contributed by atoms with van der Waals surface area (Å²) < 4.78 is 5.53. The second kappa shape index (κ2) is 11.2. The molecule has 2 aromatic rings. The Morgan fingerprint density at radius 3 is 1.88 bits per heavy atom. The zero-order valence-electron chi connectivity index (χ0n) is 20.3. The molecule has 0 aromatic heterocycles. The Morgan fingerprint density at radius 1 is 0.912 bits per heavy atom. The molecule has 1 atom stereocenters. The lowest BCUT2D eigenvalue weighted by molar-refractivity contribution is -0.143. The average molecular weight is 467 g/mol. The Balaban J connectivity index is 1.71. The number of carbonyl (C=O) groups excluding carboxylic acids is 2. The van der Waals surface area contributed by atoms with Gasteiger partial charge in [-0.3, -0.25) is 9.59 Å². The Bertz CT molecular complexity index is 978. The SMILES string of the molecule is CC(C)CN(CC(C)C)C(=O)C(CC(=O)O)NC(=O)OCC1c2ccccc2-c2ccccc21. The van der Waals surface area contributed by atoms with Crippen LogP contribution in [-0.4, -0.2) is 53.7 Å². The molecule has 7 heteroatoms. The van der Waals surface area contributed by atoms with Crippen molar-refractivity contribution >= 4 is 18.0 Å². The van der Waals surface area contributed by atoms with Gasteiger partial charge in [0.25, 0.3) is 0 Å². The number of hydrogen-bond donors (Lipinski definition) is 2. The number of amides is 2. The van der Waals surface area contributed by atoms with E-state index < -0.39 is 30.4 Å². The highest BCUT2D eigenvalue weighted by Crippen LogP contribution is 2.44.